The van der Waals surface area contributed by atoms with Crippen LogP contribution in [-0.4, -0.2) is 10.9 Å². The Labute approximate surface area is 134 Å². The van der Waals surface area contributed by atoms with E-state index >= 15 is 0 Å². The molecule has 1 aromatic heterocycles. The molecule has 1 N–H and O–H groups in total. The minimum Gasteiger partial charge on any atom is -0.346 e. The second-order valence-corrected chi connectivity index (χ2v) is 6.18. The topological polar surface area (TPSA) is 42.0 Å². The fourth-order valence-corrected chi connectivity index (χ4v) is 2.55. The molecule has 19 heavy (non-hydrogen) atoms. The first-order valence-electron chi connectivity index (χ1n) is 5.72. The number of nitrogens with zero attached hydrogens (tertiary/aromatic N) is 1. The van der Waals surface area contributed by atoms with Crippen molar-refractivity contribution in [3.8, 4) is 0 Å². The standard InChI is InChI=1S/C14H12BrIN2O/c1-9-3-2-4-11(18-9)8-17-14(19)12-7-10(16)5-6-13(12)15/h2-7H,8H2,1H3,(H,17,19). The van der Waals surface area contributed by atoms with Crippen molar-refractivity contribution in [3.05, 3.63) is 61.4 Å². The summed E-state index contributed by atoms with van der Waals surface area (Å²) >= 11 is 5.58. The highest BCUT2D eigenvalue weighted by Gasteiger charge is 2.10. The number of amides is 1. The van der Waals surface area contributed by atoms with Crippen LogP contribution in [0.15, 0.2) is 40.9 Å². The van der Waals surface area contributed by atoms with E-state index in [1.807, 2.05) is 43.3 Å². The normalized spacial score (nSPS) is 10.3. The predicted octanol–water partition coefficient (Wildman–Crippen LogP) is 3.69. The third-order valence-electron chi connectivity index (χ3n) is 2.55. The Morgan fingerprint density at radius 3 is 2.89 bits per heavy atom. The van der Waals surface area contributed by atoms with Gasteiger partial charge in [-0.05, 0) is 75.8 Å². The molecule has 2 rings (SSSR count). The Kier molecular flexibility index (Phi) is 4.93. The molecule has 1 amide bonds. The molecule has 0 aliphatic heterocycles. The van der Waals surface area contributed by atoms with Crippen LogP contribution in [0.25, 0.3) is 0 Å². The highest BCUT2D eigenvalue weighted by atomic mass is 127. The summed E-state index contributed by atoms with van der Waals surface area (Å²) in [6, 6.07) is 11.4. The fourth-order valence-electron chi connectivity index (χ4n) is 1.64. The molecule has 2 aromatic rings. The molecule has 5 heteroatoms. The molecule has 1 heterocycles. The van der Waals surface area contributed by atoms with Gasteiger partial charge in [0.1, 0.15) is 0 Å². The lowest BCUT2D eigenvalue weighted by Crippen LogP contribution is -2.23. The van der Waals surface area contributed by atoms with Crippen LogP contribution < -0.4 is 5.32 Å². The summed E-state index contributed by atoms with van der Waals surface area (Å²) in [6.45, 7) is 2.36. The van der Waals surface area contributed by atoms with E-state index in [1.54, 1.807) is 0 Å². The van der Waals surface area contributed by atoms with Gasteiger partial charge in [0.2, 0.25) is 0 Å². The number of carbonyl (C=O) groups excluding carboxylic acids is 1. The number of carbonyl (C=O) groups is 1. The zero-order valence-corrected chi connectivity index (χ0v) is 14.0. The largest absolute Gasteiger partial charge is 0.346 e. The Morgan fingerprint density at radius 1 is 1.37 bits per heavy atom. The molecule has 0 radical (unpaired) electrons. The van der Waals surface area contributed by atoms with Gasteiger partial charge < -0.3 is 5.32 Å². The summed E-state index contributed by atoms with van der Waals surface area (Å²) in [7, 11) is 0. The highest BCUT2D eigenvalue weighted by Crippen LogP contribution is 2.19. The zero-order chi connectivity index (χ0) is 13.8. The first-order chi connectivity index (χ1) is 9.06. The van der Waals surface area contributed by atoms with Gasteiger partial charge in [-0.15, -0.1) is 0 Å². The van der Waals surface area contributed by atoms with E-state index < -0.39 is 0 Å². The van der Waals surface area contributed by atoms with Crippen molar-refractivity contribution >= 4 is 44.4 Å². The van der Waals surface area contributed by atoms with E-state index in [1.165, 1.54) is 0 Å². The molecule has 0 aliphatic carbocycles. The lowest BCUT2D eigenvalue weighted by Gasteiger charge is -2.07. The van der Waals surface area contributed by atoms with Crippen LogP contribution in [0.1, 0.15) is 21.7 Å². The summed E-state index contributed by atoms with van der Waals surface area (Å²) in [5.74, 6) is -0.103. The molecule has 0 saturated carbocycles. The number of hydrogen-bond acceptors (Lipinski definition) is 2. The molecular formula is C14H12BrIN2O. The molecule has 0 unspecified atom stereocenters. The van der Waals surface area contributed by atoms with Gasteiger partial charge in [-0.2, -0.15) is 0 Å². The minimum absolute atomic E-state index is 0.103. The number of hydrogen-bond donors (Lipinski definition) is 1. The highest BCUT2D eigenvalue weighted by molar-refractivity contribution is 14.1. The fraction of sp³-hybridized carbons (Fsp3) is 0.143. The van der Waals surface area contributed by atoms with Gasteiger partial charge in [0, 0.05) is 13.7 Å². The number of aromatic nitrogens is 1. The van der Waals surface area contributed by atoms with Crippen molar-refractivity contribution in [1.82, 2.24) is 10.3 Å². The van der Waals surface area contributed by atoms with Gasteiger partial charge in [-0.1, -0.05) is 6.07 Å². The van der Waals surface area contributed by atoms with E-state index in [4.69, 9.17) is 0 Å². The van der Waals surface area contributed by atoms with E-state index in [-0.39, 0.29) is 5.91 Å². The lowest BCUT2D eigenvalue weighted by molar-refractivity contribution is 0.0949. The molecule has 0 atom stereocenters. The monoisotopic (exact) mass is 430 g/mol. The van der Waals surface area contributed by atoms with Crippen molar-refractivity contribution in [2.45, 2.75) is 13.5 Å². The smallest absolute Gasteiger partial charge is 0.252 e. The third kappa shape index (κ3) is 4.01. The number of pyridine rings is 1. The van der Waals surface area contributed by atoms with Gasteiger partial charge in [0.15, 0.2) is 0 Å². The van der Waals surface area contributed by atoms with Gasteiger partial charge in [-0.25, -0.2) is 0 Å². The quantitative estimate of drug-likeness (QED) is 0.754. The van der Waals surface area contributed by atoms with Crippen LogP contribution in [-0.2, 0) is 6.54 Å². The molecular weight excluding hydrogens is 419 g/mol. The Hall–Kier alpha value is -0.950. The zero-order valence-electron chi connectivity index (χ0n) is 10.3. The van der Waals surface area contributed by atoms with Crippen molar-refractivity contribution < 1.29 is 4.79 Å². The Balaban J connectivity index is 2.07. The average molecular weight is 431 g/mol. The van der Waals surface area contributed by atoms with Gasteiger partial charge in [0.05, 0.1) is 17.8 Å². The summed E-state index contributed by atoms with van der Waals surface area (Å²) < 4.78 is 1.82. The summed E-state index contributed by atoms with van der Waals surface area (Å²) in [5, 5.41) is 2.88. The number of aryl methyl sites for hydroxylation is 1. The molecule has 0 spiro atoms. The minimum atomic E-state index is -0.103. The third-order valence-corrected chi connectivity index (χ3v) is 3.91. The summed E-state index contributed by atoms with van der Waals surface area (Å²) in [5.41, 5.74) is 2.44. The number of rotatable bonds is 3. The molecule has 0 bridgehead atoms. The van der Waals surface area contributed by atoms with Crippen LogP contribution in [0.5, 0.6) is 0 Å². The lowest BCUT2D eigenvalue weighted by atomic mass is 10.2. The first kappa shape index (κ1) is 14.5. The van der Waals surface area contributed by atoms with Crippen LogP contribution in [0.4, 0.5) is 0 Å². The molecule has 0 aliphatic rings. The molecule has 98 valence electrons. The molecule has 0 saturated heterocycles. The molecule has 0 fully saturated rings. The van der Waals surface area contributed by atoms with Gasteiger partial charge in [-0.3, -0.25) is 9.78 Å². The Morgan fingerprint density at radius 2 is 2.16 bits per heavy atom. The van der Waals surface area contributed by atoms with Crippen LogP contribution in [0.3, 0.4) is 0 Å². The van der Waals surface area contributed by atoms with Crippen LogP contribution in [0.2, 0.25) is 0 Å². The Bertz CT molecular complexity index is 616. The number of halogens is 2. The number of benzene rings is 1. The maximum atomic E-state index is 12.1. The van der Waals surface area contributed by atoms with E-state index in [0.717, 1.165) is 19.4 Å². The average Bonchev–Trinajstić information content (AvgIpc) is 2.39. The summed E-state index contributed by atoms with van der Waals surface area (Å²) in [4.78, 5) is 16.5. The predicted molar refractivity (Wildman–Crippen MR) is 87.0 cm³/mol. The SMILES string of the molecule is Cc1cccc(CNC(=O)c2cc(I)ccc2Br)n1. The van der Waals surface area contributed by atoms with Crippen molar-refractivity contribution in [3.63, 3.8) is 0 Å². The maximum absolute atomic E-state index is 12.1. The van der Waals surface area contributed by atoms with Gasteiger partial charge in [0.25, 0.3) is 5.91 Å². The van der Waals surface area contributed by atoms with E-state index in [2.05, 4.69) is 48.8 Å². The van der Waals surface area contributed by atoms with Crippen LogP contribution >= 0.6 is 38.5 Å². The molecule has 3 nitrogen and oxygen atoms in total. The first-order valence-corrected chi connectivity index (χ1v) is 7.59. The van der Waals surface area contributed by atoms with Crippen molar-refractivity contribution in [2.75, 3.05) is 0 Å². The maximum Gasteiger partial charge on any atom is 0.252 e. The van der Waals surface area contributed by atoms with Crippen molar-refractivity contribution in [2.24, 2.45) is 0 Å². The van der Waals surface area contributed by atoms with E-state index in [9.17, 15) is 4.79 Å². The van der Waals surface area contributed by atoms with Crippen molar-refractivity contribution in [1.29, 1.82) is 0 Å². The van der Waals surface area contributed by atoms with E-state index in [0.29, 0.717) is 12.1 Å². The molecule has 1 aromatic carbocycles. The second-order valence-electron chi connectivity index (χ2n) is 4.08. The number of nitrogens with one attached hydrogen (secondary N) is 1. The second kappa shape index (κ2) is 6.47. The summed E-state index contributed by atoms with van der Waals surface area (Å²) in [6.07, 6.45) is 0. The van der Waals surface area contributed by atoms with Gasteiger partial charge >= 0.3 is 0 Å². The van der Waals surface area contributed by atoms with Crippen LogP contribution in [0, 0.1) is 10.5 Å².